The van der Waals surface area contributed by atoms with Gasteiger partial charge in [0, 0.05) is 27.0 Å². The van der Waals surface area contributed by atoms with E-state index in [1.54, 1.807) is 88.4 Å². The highest BCUT2D eigenvalue weighted by molar-refractivity contribution is 7.80. The molecule has 2 heterocycles. The van der Waals surface area contributed by atoms with E-state index >= 15 is 4.79 Å². The number of amides is 7. The molecule has 22 nitrogen and oxygen atoms in total. The van der Waals surface area contributed by atoms with Crippen LogP contribution in [0.4, 0.5) is 0 Å². The molecule has 71 heavy (non-hydrogen) atoms. The molecule has 390 valence electrons. The number of carbonyl (C=O) groups is 8. The minimum Gasteiger partial charge on any atom is -0.726 e. The molecule has 0 saturated carbocycles. The molecular formula is C48H66N7O15S-. The number of benzene rings is 2. The molecule has 6 N–H and O–H groups in total. The average Bonchev–Trinajstić information content (AvgIpc) is 3.34. The average molecular weight is 1010 g/mol. The minimum atomic E-state index is -5.24. The summed E-state index contributed by atoms with van der Waals surface area (Å²) in [7, 11) is -2.82. The lowest BCUT2D eigenvalue weighted by Gasteiger charge is -2.43. The molecule has 2 aromatic carbocycles. The summed E-state index contributed by atoms with van der Waals surface area (Å²) in [6.07, 6.45) is -3.32. The van der Waals surface area contributed by atoms with Crippen molar-refractivity contribution in [2.24, 2.45) is 11.8 Å². The second-order valence-electron chi connectivity index (χ2n) is 17.7. The summed E-state index contributed by atoms with van der Waals surface area (Å²) in [4.78, 5) is 117. The van der Waals surface area contributed by atoms with Crippen molar-refractivity contribution in [1.29, 1.82) is 0 Å². The third-order valence-corrected chi connectivity index (χ3v) is 13.2. The second kappa shape index (κ2) is 26.3. The van der Waals surface area contributed by atoms with Crippen LogP contribution in [0.15, 0.2) is 72.4 Å². The van der Waals surface area contributed by atoms with E-state index < -0.39 is 137 Å². The van der Waals surface area contributed by atoms with Gasteiger partial charge in [0.2, 0.25) is 34.0 Å². The number of aliphatic hydroxyl groups is 1. The fourth-order valence-corrected chi connectivity index (χ4v) is 8.40. The van der Waals surface area contributed by atoms with E-state index in [9.17, 15) is 51.6 Å². The molecule has 2 saturated heterocycles. The summed E-state index contributed by atoms with van der Waals surface area (Å²) in [5.74, 6) is -8.84. The van der Waals surface area contributed by atoms with Crippen molar-refractivity contribution in [1.82, 2.24) is 36.4 Å². The largest absolute Gasteiger partial charge is 0.726 e. The first kappa shape index (κ1) is 57.3. The number of nitrogens with zero attached hydrogens (tertiary/aromatic N) is 2. The predicted molar refractivity (Wildman–Crippen MR) is 253 cm³/mol. The van der Waals surface area contributed by atoms with Crippen LogP contribution in [0.25, 0.3) is 0 Å². The third-order valence-electron chi connectivity index (χ3n) is 12.8. The van der Waals surface area contributed by atoms with Crippen LogP contribution in [0.3, 0.4) is 0 Å². The lowest BCUT2D eigenvalue weighted by Crippen LogP contribution is -2.64. The molecule has 0 aliphatic carbocycles. The van der Waals surface area contributed by atoms with Crippen molar-refractivity contribution in [3.63, 3.8) is 0 Å². The van der Waals surface area contributed by atoms with Gasteiger partial charge in [0.05, 0.1) is 0 Å². The van der Waals surface area contributed by atoms with Gasteiger partial charge in [-0.1, -0.05) is 107 Å². The van der Waals surface area contributed by atoms with Gasteiger partial charge < -0.3 is 55.5 Å². The molecule has 2 fully saturated rings. The maximum Gasteiger partial charge on any atom is 0.329 e. The molecule has 4 rings (SSSR count). The summed E-state index contributed by atoms with van der Waals surface area (Å²) in [6, 6.07) is 8.67. The fourth-order valence-electron chi connectivity index (χ4n) is 8.11. The first-order valence-electron chi connectivity index (χ1n) is 23.4. The van der Waals surface area contributed by atoms with Crippen LogP contribution in [-0.4, -0.2) is 151 Å². The van der Waals surface area contributed by atoms with Crippen LogP contribution >= 0.6 is 0 Å². The normalized spacial score (nSPS) is 25.5. The van der Waals surface area contributed by atoms with Crippen molar-refractivity contribution in [3.8, 4) is 0 Å². The Morgan fingerprint density at radius 3 is 2.01 bits per heavy atom. The Hall–Kier alpha value is -6.27. The number of fused-ring (bicyclic) bond motifs is 2. The zero-order valence-electron chi connectivity index (χ0n) is 41.1. The third kappa shape index (κ3) is 15.6. The molecule has 7 amide bonds. The number of hydrogen-bond acceptors (Lipinski definition) is 15. The molecular weight excluding hydrogens is 947 g/mol. The summed E-state index contributed by atoms with van der Waals surface area (Å²) in [6.45, 7) is 8.33. The quantitative estimate of drug-likeness (QED) is 0.0562. The van der Waals surface area contributed by atoms with Gasteiger partial charge in [-0.05, 0) is 49.7 Å². The van der Waals surface area contributed by atoms with Gasteiger partial charge in [0.1, 0.15) is 60.9 Å². The number of hydrogen-bond donors (Lipinski definition) is 6. The monoisotopic (exact) mass is 1010 g/mol. The Morgan fingerprint density at radius 2 is 1.48 bits per heavy atom. The van der Waals surface area contributed by atoms with Gasteiger partial charge >= 0.3 is 5.97 Å². The highest BCUT2D eigenvalue weighted by Crippen LogP contribution is 2.25. The molecule has 23 heteroatoms. The highest BCUT2D eigenvalue weighted by atomic mass is 32.3. The second-order valence-corrected chi connectivity index (χ2v) is 18.7. The lowest BCUT2D eigenvalue weighted by atomic mass is 9.95. The van der Waals surface area contributed by atoms with Crippen molar-refractivity contribution < 1.29 is 70.1 Å². The molecule has 2 aromatic rings. The number of cyclic esters (lactones) is 1. The van der Waals surface area contributed by atoms with Gasteiger partial charge in [-0.15, -0.1) is 0 Å². The molecule has 2 aliphatic heterocycles. The number of likely N-dealkylation sites (N-methyl/N-ethyl adjacent to an activating group) is 1. The molecule has 2 aliphatic rings. The van der Waals surface area contributed by atoms with Crippen LogP contribution in [0.1, 0.15) is 78.4 Å². The number of piperidine rings is 1. The highest BCUT2D eigenvalue weighted by Gasteiger charge is 2.46. The van der Waals surface area contributed by atoms with Crippen molar-refractivity contribution in [2.75, 3.05) is 20.8 Å². The smallest absolute Gasteiger partial charge is 0.329 e. The zero-order chi connectivity index (χ0) is 52.7. The number of ether oxygens (including phenoxy) is 2. The standard InChI is InChI=1S/C48H67N7O15S/c1-9-27(4)38(51-43(59)36(68-8)26-69-71(65,66)67)44(60)53-40-29(6)70-48(64)39(28(5)10-2)52-42(58)34(24-30-18-14-12-15-19-30)54(7)47(63)35(25-31-20-16-13-17-21-31)55-37(56)23-22-33(46(55)62)50-41(57)32(11-3)49-45(40)61/h11-21,27-29,33-40,56H,9-10,22-26H2,1-8H3,(H,49,61)(H,50,57)(H,51,59)(H,52,58)(H,53,60)(H,65,66,67)/p-1/b32-11-/t27-,28+,29+,33-,34-,35-,36+,37+,38-,39-,40-/m0/s1. The number of allylic oxidation sites excluding steroid dienone is 1. The predicted octanol–water partition coefficient (Wildman–Crippen LogP) is 0.0967. The fraction of sp³-hybridized carbons (Fsp3) is 0.542. The first-order chi connectivity index (χ1) is 33.5. The Bertz CT molecular complexity index is 2360. The molecule has 0 aromatic heterocycles. The van der Waals surface area contributed by atoms with E-state index in [0.29, 0.717) is 17.5 Å². The van der Waals surface area contributed by atoms with E-state index in [0.717, 1.165) is 12.0 Å². The number of methoxy groups -OCH3 is 1. The number of rotatable bonds is 16. The Morgan fingerprint density at radius 1 is 0.887 bits per heavy atom. The number of aliphatic hydroxyl groups excluding tert-OH is 1. The molecule has 0 unspecified atom stereocenters. The van der Waals surface area contributed by atoms with E-state index in [1.165, 1.54) is 31.9 Å². The zero-order valence-corrected chi connectivity index (χ0v) is 41.9. The van der Waals surface area contributed by atoms with Gasteiger partial charge in [0.15, 0.2) is 6.10 Å². The number of carbonyl (C=O) groups excluding carboxylic acids is 8. The van der Waals surface area contributed by atoms with E-state index in [-0.39, 0.29) is 32.1 Å². The lowest BCUT2D eigenvalue weighted by molar-refractivity contribution is -0.165. The molecule has 0 spiro atoms. The van der Waals surface area contributed by atoms with Crippen LogP contribution in [0, 0.1) is 11.8 Å². The molecule has 0 radical (unpaired) electrons. The minimum absolute atomic E-state index is 0.0645. The Labute approximate surface area is 413 Å². The summed E-state index contributed by atoms with van der Waals surface area (Å²) < 4.78 is 48.5. The van der Waals surface area contributed by atoms with Crippen molar-refractivity contribution in [3.05, 3.63) is 83.6 Å². The van der Waals surface area contributed by atoms with E-state index in [2.05, 4.69) is 30.8 Å². The first-order valence-corrected chi connectivity index (χ1v) is 24.8. The summed E-state index contributed by atoms with van der Waals surface area (Å²) >= 11 is 0. The van der Waals surface area contributed by atoms with Crippen LogP contribution < -0.4 is 26.6 Å². The Kier molecular flexibility index (Phi) is 21.2. The maximum atomic E-state index is 15.0. The van der Waals surface area contributed by atoms with Crippen LogP contribution in [0.5, 0.6) is 0 Å². The summed E-state index contributed by atoms with van der Waals surface area (Å²) in [5.41, 5.74) is 0.836. The van der Waals surface area contributed by atoms with Crippen molar-refractivity contribution in [2.45, 2.75) is 135 Å². The van der Waals surface area contributed by atoms with Gasteiger partial charge in [-0.3, -0.25) is 37.7 Å². The maximum absolute atomic E-state index is 15.0. The van der Waals surface area contributed by atoms with Gasteiger partial charge in [0.25, 0.3) is 17.7 Å². The molecule has 2 bridgehead atoms. The number of nitrogens with one attached hydrogen (secondary N) is 5. The SMILES string of the molecule is C/C=C1\NC(=O)[C@@H](NC(=O)[C@@H](NC(=O)[C@@H](COS(=O)(=O)[O-])OC)[C@@H](C)CC)[C@@H](C)OC(=O)[C@H]([C@H](C)CC)NC(=O)[C@H](Cc2ccccc2)N(C)C(=O)[C@H](Cc2ccccc2)N2C(=O)[C@H](CC[C@H]2O)NC1=O. The van der Waals surface area contributed by atoms with E-state index in [4.69, 9.17) is 9.47 Å². The summed E-state index contributed by atoms with van der Waals surface area (Å²) in [5, 5.41) is 24.2. The van der Waals surface area contributed by atoms with Gasteiger partial charge in [-0.2, -0.15) is 0 Å². The van der Waals surface area contributed by atoms with E-state index in [1.807, 2.05) is 0 Å². The van der Waals surface area contributed by atoms with Crippen LogP contribution in [0.2, 0.25) is 0 Å². The topological polar surface area (TPSA) is 308 Å². The van der Waals surface area contributed by atoms with Crippen LogP contribution in [-0.2, 0) is 75.3 Å². The molecule has 11 atom stereocenters. The number of esters is 1. The van der Waals surface area contributed by atoms with Crippen molar-refractivity contribution >= 4 is 57.7 Å². The van der Waals surface area contributed by atoms with Gasteiger partial charge in [-0.25, -0.2) is 13.2 Å². The Balaban J connectivity index is 1.84.